The lowest BCUT2D eigenvalue weighted by Crippen LogP contribution is -2.43. The van der Waals surface area contributed by atoms with Gasteiger partial charge in [0.15, 0.2) is 0 Å². The van der Waals surface area contributed by atoms with Crippen molar-refractivity contribution in [1.29, 1.82) is 0 Å². The molecule has 2 amide bonds. The highest BCUT2D eigenvalue weighted by molar-refractivity contribution is 5.95. The smallest absolute Gasteiger partial charge is 0.433 e. The van der Waals surface area contributed by atoms with Crippen LogP contribution in [-0.4, -0.2) is 34.8 Å². The van der Waals surface area contributed by atoms with Crippen LogP contribution < -0.4 is 5.32 Å². The van der Waals surface area contributed by atoms with Crippen LogP contribution in [-0.2, 0) is 17.5 Å². The van der Waals surface area contributed by atoms with E-state index in [9.17, 15) is 22.8 Å². The summed E-state index contributed by atoms with van der Waals surface area (Å²) in [6.07, 6.45) is -2.04. The third-order valence-electron chi connectivity index (χ3n) is 4.78. The molecule has 9 heteroatoms. The average molecular weight is 395 g/mol. The predicted octanol–water partition coefficient (Wildman–Crippen LogP) is 3.17. The summed E-state index contributed by atoms with van der Waals surface area (Å²) >= 11 is 0. The molecule has 0 unspecified atom stereocenters. The number of nitrogens with zero attached hydrogens (tertiary/aromatic N) is 2. The van der Waals surface area contributed by atoms with Crippen molar-refractivity contribution in [1.82, 2.24) is 15.2 Å². The molecule has 0 radical (unpaired) electrons. The number of halogens is 3. The SMILES string of the molecule is Cc1nc(C(F)(F)F)ccc1C(=O)N1CCC(C(=O)NCc2ccco2)CC1. The van der Waals surface area contributed by atoms with Gasteiger partial charge in [0.1, 0.15) is 11.5 Å². The van der Waals surface area contributed by atoms with E-state index in [0.29, 0.717) is 38.2 Å². The number of piperidine rings is 1. The number of nitrogens with one attached hydrogen (secondary N) is 1. The fourth-order valence-electron chi connectivity index (χ4n) is 3.19. The topological polar surface area (TPSA) is 75.4 Å². The number of rotatable bonds is 4. The highest BCUT2D eigenvalue weighted by atomic mass is 19.4. The number of hydrogen-bond acceptors (Lipinski definition) is 4. The fraction of sp³-hybridized carbons (Fsp3) is 0.421. The molecule has 1 fully saturated rings. The minimum atomic E-state index is -4.55. The quantitative estimate of drug-likeness (QED) is 0.863. The summed E-state index contributed by atoms with van der Waals surface area (Å²) in [4.78, 5) is 29.9. The molecule has 150 valence electrons. The number of carbonyl (C=O) groups excluding carboxylic acids is 2. The summed E-state index contributed by atoms with van der Waals surface area (Å²) in [6.45, 7) is 2.41. The van der Waals surface area contributed by atoms with Gasteiger partial charge in [0, 0.05) is 19.0 Å². The monoisotopic (exact) mass is 395 g/mol. The Balaban J connectivity index is 1.55. The van der Waals surface area contributed by atoms with E-state index >= 15 is 0 Å². The van der Waals surface area contributed by atoms with Crippen molar-refractivity contribution in [3.05, 3.63) is 53.2 Å². The first kappa shape index (κ1) is 19.9. The molecular weight excluding hydrogens is 375 g/mol. The molecule has 2 aromatic heterocycles. The second kappa shape index (κ2) is 8.04. The molecule has 28 heavy (non-hydrogen) atoms. The normalized spacial score (nSPS) is 15.5. The Bertz CT molecular complexity index is 842. The number of amides is 2. The van der Waals surface area contributed by atoms with Crippen molar-refractivity contribution in [3.8, 4) is 0 Å². The first-order valence-electron chi connectivity index (χ1n) is 8.90. The van der Waals surface area contributed by atoms with Crippen molar-refractivity contribution >= 4 is 11.8 Å². The average Bonchev–Trinajstić information content (AvgIpc) is 3.18. The second-order valence-corrected chi connectivity index (χ2v) is 6.69. The summed E-state index contributed by atoms with van der Waals surface area (Å²) in [5, 5.41) is 2.81. The number of aromatic nitrogens is 1. The van der Waals surface area contributed by atoms with Crippen LogP contribution in [0, 0.1) is 12.8 Å². The molecule has 0 spiro atoms. The lowest BCUT2D eigenvalue weighted by molar-refractivity contribution is -0.141. The van der Waals surface area contributed by atoms with Crippen molar-refractivity contribution in [3.63, 3.8) is 0 Å². The molecule has 1 N–H and O–H groups in total. The molecule has 1 saturated heterocycles. The van der Waals surface area contributed by atoms with Gasteiger partial charge in [-0.15, -0.1) is 0 Å². The van der Waals surface area contributed by atoms with Gasteiger partial charge < -0.3 is 14.6 Å². The van der Waals surface area contributed by atoms with E-state index in [0.717, 1.165) is 12.1 Å². The van der Waals surface area contributed by atoms with E-state index < -0.39 is 11.9 Å². The van der Waals surface area contributed by atoms with Gasteiger partial charge in [-0.05, 0) is 44.0 Å². The van der Waals surface area contributed by atoms with Crippen molar-refractivity contribution < 1.29 is 27.2 Å². The van der Waals surface area contributed by atoms with E-state index in [4.69, 9.17) is 4.42 Å². The van der Waals surface area contributed by atoms with Gasteiger partial charge in [0.05, 0.1) is 24.1 Å². The summed E-state index contributed by atoms with van der Waals surface area (Å²) in [7, 11) is 0. The molecule has 0 atom stereocenters. The highest BCUT2D eigenvalue weighted by Crippen LogP contribution is 2.28. The Kier molecular flexibility index (Phi) is 5.71. The molecule has 0 saturated carbocycles. The summed E-state index contributed by atoms with van der Waals surface area (Å²) in [5.74, 6) is -0.0267. The lowest BCUT2D eigenvalue weighted by Gasteiger charge is -2.31. The molecule has 0 bridgehead atoms. The maximum atomic E-state index is 12.7. The van der Waals surface area contributed by atoms with Gasteiger partial charge in [-0.1, -0.05) is 0 Å². The van der Waals surface area contributed by atoms with Gasteiger partial charge in [-0.25, -0.2) is 4.98 Å². The number of aryl methyl sites for hydroxylation is 1. The fourth-order valence-corrected chi connectivity index (χ4v) is 3.19. The van der Waals surface area contributed by atoms with E-state index in [-0.39, 0.29) is 29.0 Å². The van der Waals surface area contributed by atoms with E-state index in [1.165, 1.54) is 13.2 Å². The van der Waals surface area contributed by atoms with Crippen molar-refractivity contribution in [2.45, 2.75) is 32.5 Å². The number of pyridine rings is 1. The Morgan fingerprint density at radius 1 is 1.25 bits per heavy atom. The first-order valence-corrected chi connectivity index (χ1v) is 8.90. The van der Waals surface area contributed by atoms with Crippen LogP contribution in [0.15, 0.2) is 34.9 Å². The molecule has 0 aromatic carbocycles. The van der Waals surface area contributed by atoms with Gasteiger partial charge in [-0.2, -0.15) is 13.2 Å². The minimum Gasteiger partial charge on any atom is -0.467 e. The van der Waals surface area contributed by atoms with Crippen LogP contribution in [0.2, 0.25) is 0 Å². The van der Waals surface area contributed by atoms with Gasteiger partial charge >= 0.3 is 6.18 Å². The van der Waals surface area contributed by atoms with Gasteiger partial charge in [0.25, 0.3) is 5.91 Å². The second-order valence-electron chi connectivity index (χ2n) is 6.69. The predicted molar refractivity (Wildman–Crippen MR) is 93.2 cm³/mol. The Morgan fingerprint density at radius 3 is 2.54 bits per heavy atom. The van der Waals surface area contributed by atoms with Crippen LogP contribution in [0.4, 0.5) is 13.2 Å². The standard InChI is InChI=1S/C19H20F3N3O3/c1-12-15(4-5-16(24-12)19(20,21)22)18(27)25-8-6-13(7-9-25)17(26)23-11-14-3-2-10-28-14/h2-5,10,13H,6-9,11H2,1H3,(H,23,26). The molecule has 3 rings (SSSR count). The van der Waals surface area contributed by atoms with E-state index in [2.05, 4.69) is 10.3 Å². The molecule has 1 aliphatic heterocycles. The Labute approximate surface area is 159 Å². The van der Waals surface area contributed by atoms with E-state index in [1.54, 1.807) is 17.0 Å². The van der Waals surface area contributed by atoms with Crippen LogP contribution in [0.25, 0.3) is 0 Å². The molecule has 2 aromatic rings. The summed E-state index contributed by atoms with van der Waals surface area (Å²) < 4.78 is 43.3. The third-order valence-corrected chi connectivity index (χ3v) is 4.78. The van der Waals surface area contributed by atoms with Crippen molar-refractivity contribution in [2.24, 2.45) is 5.92 Å². The van der Waals surface area contributed by atoms with Gasteiger partial charge in [0.2, 0.25) is 5.91 Å². The third kappa shape index (κ3) is 4.52. The van der Waals surface area contributed by atoms with Crippen molar-refractivity contribution in [2.75, 3.05) is 13.1 Å². The zero-order chi connectivity index (χ0) is 20.3. The minimum absolute atomic E-state index is 0.0399. The first-order chi connectivity index (χ1) is 13.3. The zero-order valence-electron chi connectivity index (χ0n) is 15.3. The molecule has 1 aliphatic rings. The Hall–Kier alpha value is -2.84. The number of furan rings is 1. The van der Waals surface area contributed by atoms with Crippen LogP contribution in [0.5, 0.6) is 0 Å². The summed E-state index contributed by atoms with van der Waals surface area (Å²) in [6, 6.07) is 5.48. The molecular formula is C19H20F3N3O3. The molecule has 0 aliphatic carbocycles. The number of hydrogen-bond donors (Lipinski definition) is 1. The maximum Gasteiger partial charge on any atom is 0.433 e. The highest BCUT2D eigenvalue weighted by Gasteiger charge is 2.34. The molecule has 6 nitrogen and oxygen atoms in total. The Morgan fingerprint density at radius 2 is 1.96 bits per heavy atom. The largest absolute Gasteiger partial charge is 0.467 e. The zero-order valence-corrected chi connectivity index (χ0v) is 15.3. The van der Waals surface area contributed by atoms with Crippen LogP contribution >= 0.6 is 0 Å². The van der Waals surface area contributed by atoms with E-state index in [1.807, 2.05) is 0 Å². The van der Waals surface area contributed by atoms with Crippen LogP contribution in [0.3, 0.4) is 0 Å². The van der Waals surface area contributed by atoms with Gasteiger partial charge in [-0.3, -0.25) is 9.59 Å². The maximum absolute atomic E-state index is 12.7. The number of alkyl halides is 3. The number of likely N-dealkylation sites (tertiary alicyclic amines) is 1. The summed E-state index contributed by atoms with van der Waals surface area (Å²) in [5.41, 5.74) is -0.833. The lowest BCUT2D eigenvalue weighted by atomic mass is 9.95. The molecule has 3 heterocycles. The van der Waals surface area contributed by atoms with Crippen LogP contribution in [0.1, 0.15) is 40.3 Å². The number of carbonyl (C=O) groups is 2.